The number of fused-ring (bicyclic) bond motifs is 1. The molecule has 0 aromatic heterocycles. The highest BCUT2D eigenvalue weighted by Crippen LogP contribution is 2.40. The number of hydrogen-bond acceptors (Lipinski definition) is 3. The first-order chi connectivity index (χ1) is 11.2. The van der Waals surface area contributed by atoms with Gasteiger partial charge in [0.25, 0.3) is 0 Å². The zero-order chi connectivity index (χ0) is 15.8. The number of ether oxygens (including phenoxy) is 1. The third kappa shape index (κ3) is 2.66. The van der Waals surface area contributed by atoms with Crippen LogP contribution in [0.4, 0.5) is 0 Å². The molecule has 3 aliphatic rings. The Morgan fingerprint density at radius 2 is 2.00 bits per heavy atom. The van der Waals surface area contributed by atoms with E-state index in [1.165, 1.54) is 5.57 Å². The molecule has 4 rings (SSSR count). The molecule has 3 nitrogen and oxygen atoms in total. The third-order valence-electron chi connectivity index (χ3n) is 4.44. The zero-order valence-electron chi connectivity index (χ0n) is 12.8. The van der Waals surface area contributed by atoms with E-state index in [2.05, 4.69) is 29.6 Å². The number of halogens is 1. The summed E-state index contributed by atoms with van der Waals surface area (Å²) in [4.78, 5) is 0. The van der Waals surface area contributed by atoms with E-state index < -0.39 is 0 Å². The van der Waals surface area contributed by atoms with Crippen LogP contribution in [0.3, 0.4) is 0 Å². The molecule has 1 aromatic rings. The van der Waals surface area contributed by atoms with E-state index in [4.69, 9.17) is 22.1 Å². The van der Waals surface area contributed by atoms with Crippen LogP contribution in [0.25, 0.3) is 0 Å². The van der Waals surface area contributed by atoms with Crippen molar-refractivity contribution in [1.29, 1.82) is 0 Å². The number of hydrogen-bond donors (Lipinski definition) is 2. The lowest BCUT2D eigenvalue weighted by atomic mass is 9.89. The van der Waals surface area contributed by atoms with Crippen LogP contribution >= 0.6 is 11.6 Å². The maximum absolute atomic E-state index is 6.21. The topological polar surface area (TPSA) is 47.3 Å². The molecule has 1 aromatic carbocycles. The molecule has 1 aliphatic heterocycles. The summed E-state index contributed by atoms with van der Waals surface area (Å²) in [5.41, 5.74) is 11.5. The van der Waals surface area contributed by atoms with Gasteiger partial charge in [0, 0.05) is 11.3 Å². The van der Waals surface area contributed by atoms with Gasteiger partial charge in [-0.2, -0.15) is 0 Å². The number of nitrogens with two attached hydrogens (primary N) is 1. The normalized spacial score (nSPS) is 26.6. The van der Waals surface area contributed by atoms with Gasteiger partial charge in [-0.1, -0.05) is 36.4 Å². The van der Waals surface area contributed by atoms with Crippen LogP contribution in [-0.2, 0) is 4.74 Å². The highest BCUT2D eigenvalue weighted by Gasteiger charge is 2.32. The lowest BCUT2D eigenvalue weighted by molar-refractivity contribution is 0.147. The van der Waals surface area contributed by atoms with Crippen LogP contribution in [0.1, 0.15) is 31.1 Å². The maximum Gasteiger partial charge on any atom is 0.196 e. The fraction of sp³-hybridized carbons (Fsp3) is 0.263. The van der Waals surface area contributed by atoms with Crippen molar-refractivity contribution in [2.75, 3.05) is 0 Å². The van der Waals surface area contributed by atoms with Crippen LogP contribution < -0.4 is 11.1 Å². The van der Waals surface area contributed by atoms with Crippen molar-refractivity contribution in [3.05, 3.63) is 82.4 Å². The highest BCUT2D eigenvalue weighted by molar-refractivity contribution is 6.22. The van der Waals surface area contributed by atoms with Gasteiger partial charge in [0.05, 0.1) is 11.1 Å². The van der Waals surface area contributed by atoms with Gasteiger partial charge >= 0.3 is 0 Å². The van der Waals surface area contributed by atoms with Gasteiger partial charge < -0.3 is 15.8 Å². The minimum Gasteiger partial charge on any atom is -0.465 e. The molecule has 1 saturated heterocycles. The van der Waals surface area contributed by atoms with Crippen molar-refractivity contribution in [1.82, 2.24) is 5.32 Å². The molecule has 23 heavy (non-hydrogen) atoms. The Hall–Kier alpha value is -2.13. The van der Waals surface area contributed by atoms with Crippen LogP contribution in [-0.4, -0.2) is 5.38 Å². The molecule has 0 radical (unpaired) electrons. The zero-order valence-corrected chi connectivity index (χ0v) is 13.5. The van der Waals surface area contributed by atoms with Gasteiger partial charge in [0.15, 0.2) is 6.23 Å². The Bertz CT molecular complexity index is 746. The van der Waals surface area contributed by atoms with E-state index in [1.807, 2.05) is 24.3 Å². The molecule has 1 fully saturated rings. The van der Waals surface area contributed by atoms with Crippen molar-refractivity contribution >= 4 is 11.6 Å². The van der Waals surface area contributed by atoms with Crippen LogP contribution in [0.15, 0.2) is 76.9 Å². The minimum atomic E-state index is -0.138. The summed E-state index contributed by atoms with van der Waals surface area (Å²) < 4.78 is 6.11. The van der Waals surface area contributed by atoms with Gasteiger partial charge in [0.1, 0.15) is 5.76 Å². The molecule has 2 atom stereocenters. The van der Waals surface area contributed by atoms with Crippen LogP contribution in [0, 0.1) is 0 Å². The second-order valence-corrected chi connectivity index (χ2v) is 6.57. The van der Waals surface area contributed by atoms with Gasteiger partial charge in [-0.15, -0.1) is 11.6 Å². The quantitative estimate of drug-likeness (QED) is 0.807. The molecule has 118 valence electrons. The molecule has 1 heterocycles. The molecule has 0 bridgehead atoms. The molecule has 0 spiro atoms. The second kappa shape index (κ2) is 5.82. The summed E-state index contributed by atoms with van der Waals surface area (Å²) in [6.45, 7) is 0. The molecule has 2 aliphatic carbocycles. The average Bonchev–Trinajstić information content (AvgIpc) is 3.00. The fourth-order valence-corrected chi connectivity index (χ4v) is 3.55. The minimum absolute atomic E-state index is 0.00666. The largest absolute Gasteiger partial charge is 0.465 e. The van der Waals surface area contributed by atoms with Crippen molar-refractivity contribution in [3.8, 4) is 0 Å². The summed E-state index contributed by atoms with van der Waals surface area (Å²) in [5, 5.41) is 3.51. The highest BCUT2D eigenvalue weighted by atomic mass is 35.5. The van der Waals surface area contributed by atoms with E-state index >= 15 is 0 Å². The van der Waals surface area contributed by atoms with Crippen LogP contribution in [0.2, 0.25) is 0 Å². The van der Waals surface area contributed by atoms with E-state index in [1.54, 1.807) is 0 Å². The van der Waals surface area contributed by atoms with Crippen molar-refractivity contribution in [2.45, 2.75) is 30.9 Å². The van der Waals surface area contributed by atoms with Crippen molar-refractivity contribution in [2.24, 2.45) is 5.73 Å². The molecule has 4 heteroatoms. The van der Waals surface area contributed by atoms with E-state index in [-0.39, 0.29) is 11.6 Å². The lowest BCUT2D eigenvalue weighted by Gasteiger charge is -2.22. The summed E-state index contributed by atoms with van der Waals surface area (Å²) in [6, 6.07) is 10.2. The average molecular weight is 327 g/mol. The molecular weight excluding hydrogens is 308 g/mol. The first kappa shape index (κ1) is 14.5. The summed E-state index contributed by atoms with van der Waals surface area (Å²) in [5.74, 6) is 0.932. The molecule has 2 unspecified atom stereocenters. The third-order valence-corrected chi connectivity index (χ3v) is 4.74. The summed E-state index contributed by atoms with van der Waals surface area (Å²) in [6.07, 6.45) is 8.85. The lowest BCUT2D eigenvalue weighted by Crippen LogP contribution is -2.18. The van der Waals surface area contributed by atoms with Gasteiger partial charge in [-0.25, -0.2) is 0 Å². The van der Waals surface area contributed by atoms with E-state index in [9.17, 15) is 0 Å². The van der Waals surface area contributed by atoms with E-state index in [0.29, 0.717) is 0 Å². The number of benzene rings is 1. The van der Waals surface area contributed by atoms with Crippen LogP contribution in [0.5, 0.6) is 0 Å². The second-order valence-electron chi connectivity index (χ2n) is 6.01. The van der Waals surface area contributed by atoms with Gasteiger partial charge in [0.2, 0.25) is 0 Å². The Morgan fingerprint density at radius 1 is 1.17 bits per heavy atom. The van der Waals surface area contributed by atoms with Gasteiger partial charge in [-0.3, -0.25) is 0 Å². The monoisotopic (exact) mass is 326 g/mol. The first-order valence-electron chi connectivity index (χ1n) is 7.96. The maximum atomic E-state index is 6.21. The standard InChI is InChI=1S/C19H19ClN2O/c20-13-9-10-14(16(21)11-13)15-7-4-8-17-18(15)22-19(23-17)12-5-2-1-3-6-12/h1-3,5-6,8,10-11,13,19,22H,4,7,9,21H2. The number of nitrogens with one attached hydrogen (secondary N) is 1. The van der Waals surface area contributed by atoms with Gasteiger partial charge in [-0.05, 0) is 42.6 Å². The predicted molar refractivity (Wildman–Crippen MR) is 92.4 cm³/mol. The summed E-state index contributed by atoms with van der Waals surface area (Å²) >= 11 is 6.16. The SMILES string of the molecule is NC1=CC(Cl)CC=C1C1=C2NC(c3ccccc3)OC2=CCC1. The molecule has 0 saturated carbocycles. The number of allylic oxidation sites excluding steroid dienone is 4. The number of alkyl halides is 1. The Balaban J connectivity index is 1.69. The van der Waals surface area contributed by atoms with E-state index in [0.717, 1.165) is 47.6 Å². The molecule has 0 amide bonds. The van der Waals surface area contributed by atoms with Crippen molar-refractivity contribution < 1.29 is 4.74 Å². The van der Waals surface area contributed by atoms with Crippen molar-refractivity contribution in [3.63, 3.8) is 0 Å². The molecule has 3 N–H and O–H groups in total. The Labute approximate surface area is 141 Å². The first-order valence-corrected chi connectivity index (χ1v) is 8.40. The molecular formula is C19H19ClN2O. The fourth-order valence-electron chi connectivity index (χ4n) is 3.32. The smallest absolute Gasteiger partial charge is 0.196 e. The number of rotatable bonds is 2. The summed E-state index contributed by atoms with van der Waals surface area (Å²) in [7, 11) is 0. The predicted octanol–water partition coefficient (Wildman–Crippen LogP) is 4.02. The Kier molecular flexibility index (Phi) is 3.66. The Morgan fingerprint density at radius 3 is 2.78 bits per heavy atom.